The molecule has 0 aliphatic heterocycles. The van der Waals surface area contributed by atoms with Gasteiger partial charge in [-0.25, -0.2) is 4.39 Å². The maximum atomic E-state index is 13.0. The SMILES string of the molecule is Cc1cc(=O)c(-c2ccc(F)cc2)c2ccccn12. The summed E-state index contributed by atoms with van der Waals surface area (Å²) in [5, 5.41) is 0. The first-order valence-corrected chi connectivity index (χ1v) is 6.04. The maximum Gasteiger partial charge on any atom is 0.190 e. The monoisotopic (exact) mass is 253 g/mol. The molecule has 2 heterocycles. The first kappa shape index (κ1) is 11.7. The lowest BCUT2D eigenvalue weighted by atomic mass is 10.0. The normalized spacial score (nSPS) is 10.8. The molecule has 0 radical (unpaired) electrons. The van der Waals surface area contributed by atoms with Crippen LogP contribution in [0.3, 0.4) is 0 Å². The molecule has 19 heavy (non-hydrogen) atoms. The van der Waals surface area contributed by atoms with Crippen LogP contribution in [0.4, 0.5) is 4.39 Å². The Morgan fingerprint density at radius 1 is 1.05 bits per heavy atom. The van der Waals surface area contributed by atoms with Crippen molar-refractivity contribution in [2.75, 3.05) is 0 Å². The summed E-state index contributed by atoms with van der Waals surface area (Å²) in [7, 11) is 0. The zero-order valence-electron chi connectivity index (χ0n) is 10.4. The lowest BCUT2D eigenvalue weighted by molar-refractivity contribution is 0.628. The second-order valence-corrected chi connectivity index (χ2v) is 4.49. The van der Waals surface area contributed by atoms with Gasteiger partial charge < -0.3 is 4.40 Å². The van der Waals surface area contributed by atoms with Gasteiger partial charge in [-0.2, -0.15) is 0 Å². The third-order valence-corrected chi connectivity index (χ3v) is 3.22. The maximum absolute atomic E-state index is 13.0. The minimum Gasteiger partial charge on any atom is -0.320 e. The Morgan fingerprint density at radius 3 is 2.53 bits per heavy atom. The number of benzene rings is 1. The van der Waals surface area contributed by atoms with Crippen LogP contribution in [0.25, 0.3) is 16.6 Å². The molecule has 3 heteroatoms. The molecule has 0 unspecified atom stereocenters. The van der Waals surface area contributed by atoms with Crippen molar-refractivity contribution in [3.8, 4) is 11.1 Å². The van der Waals surface area contributed by atoms with Crippen molar-refractivity contribution in [2.45, 2.75) is 6.92 Å². The highest BCUT2D eigenvalue weighted by Gasteiger charge is 2.09. The van der Waals surface area contributed by atoms with E-state index in [1.807, 2.05) is 35.7 Å². The summed E-state index contributed by atoms with van der Waals surface area (Å²) in [6, 6.07) is 13.3. The van der Waals surface area contributed by atoms with Gasteiger partial charge in [-0.3, -0.25) is 4.79 Å². The zero-order chi connectivity index (χ0) is 13.4. The summed E-state index contributed by atoms with van der Waals surface area (Å²) < 4.78 is 15.0. The van der Waals surface area contributed by atoms with E-state index in [-0.39, 0.29) is 11.2 Å². The van der Waals surface area contributed by atoms with Gasteiger partial charge in [-0.05, 0) is 36.8 Å². The van der Waals surface area contributed by atoms with E-state index < -0.39 is 0 Å². The molecule has 0 amide bonds. The minimum atomic E-state index is -0.305. The van der Waals surface area contributed by atoms with E-state index in [0.29, 0.717) is 5.56 Å². The summed E-state index contributed by atoms with van der Waals surface area (Å²) in [6.45, 7) is 1.89. The Balaban J connectivity index is 2.41. The van der Waals surface area contributed by atoms with E-state index >= 15 is 0 Å². The topological polar surface area (TPSA) is 21.5 Å². The van der Waals surface area contributed by atoms with E-state index in [1.165, 1.54) is 12.1 Å². The van der Waals surface area contributed by atoms with Crippen LogP contribution in [0.5, 0.6) is 0 Å². The quantitative estimate of drug-likeness (QED) is 0.651. The summed E-state index contributed by atoms with van der Waals surface area (Å²) in [4.78, 5) is 12.2. The molecule has 3 aromatic rings. The van der Waals surface area contributed by atoms with Crippen LogP contribution in [-0.2, 0) is 0 Å². The van der Waals surface area contributed by atoms with Crippen LogP contribution in [0.15, 0.2) is 59.5 Å². The van der Waals surface area contributed by atoms with E-state index in [0.717, 1.165) is 16.8 Å². The summed E-state index contributed by atoms with van der Waals surface area (Å²) in [6.07, 6.45) is 1.91. The van der Waals surface area contributed by atoms with Crippen molar-refractivity contribution in [1.82, 2.24) is 4.40 Å². The highest BCUT2D eigenvalue weighted by molar-refractivity contribution is 5.80. The Labute approximate surface area is 109 Å². The molecular formula is C16H12FNO. The first-order chi connectivity index (χ1) is 9.16. The Bertz CT molecular complexity index is 803. The molecule has 0 N–H and O–H groups in total. The second-order valence-electron chi connectivity index (χ2n) is 4.49. The van der Waals surface area contributed by atoms with Gasteiger partial charge in [0.15, 0.2) is 5.43 Å². The van der Waals surface area contributed by atoms with Crippen molar-refractivity contribution >= 4 is 5.52 Å². The number of aryl methyl sites for hydroxylation is 1. The number of hydrogen-bond donors (Lipinski definition) is 0. The number of pyridine rings is 2. The highest BCUT2D eigenvalue weighted by atomic mass is 19.1. The molecule has 94 valence electrons. The van der Waals surface area contributed by atoms with Crippen LogP contribution in [-0.4, -0.2) is 4.40 Å². The standard InChI is InChI=1S/C16H12FNO/c1-11-10-15(19)16(12-5-7-13(17)8-6-12)14-4-2-3-9-18(11)14/h2-10H,1H3. The van der Waals surface area contributed by atoms with Crippen molar-refractivity contribution in [1.29, 1.82) is 0 Å². The summed E-state index contributed by atoms with van der Waals surface area (Å²) in [5.74, 6) is -0.305. The molecule has 0 saturated heterocycles. The number of aromatic nitrogens is 1. The average Bonchev–Trinajstić information content (AvgIpc) is 2.41. The lowest BCUT2D eigenvalue weighted by Gasteiger charge is -2.10. The molecule has 0 bridgehead atoms. The average molecular weight is 253 g/mol. The van der Waals surface area contributed by atoms with E-state index in [9.17, 15) is 9.18 Å². The molecule has 0 fully saturated rings. The number of fused-ring (bicyclic) bond motifs is 1. The van der Waals surface area contributed by atoms with Crippen molar-refractivity contribution < 1.29 is 4.39 Å². The number of halogens is 1. The lowest BCUT2D eigenvalue weighted by Crippen LogP contribution is -2.09. The fraction of sp³-hybridized carbons (Fsp3) is 0.0625. The smallest absolute Gasteiger partial charge is 0.190 e. The van der Waals surface area contributed by atoms with Crippen molar-refractivity contribution in [3.63, 3.8) is 0 Å². The van der Waals surface area contributed by atoms with Crippen LogP contribution >= 0.6 is 0 Å². The summed E-state index contributed by atoms with van der Waals surface area (Å²) in [5.41, 5.74) is 3.00. The predicted molar refractivity (Wildman–Crippen MR) is 73.8 cm³/mol. The molecule has 0 aliphatic carbocycles. The Kier molecular flexibility index (Phi) is 2.67. The van der Waals surface area contributed by atoms with Gasteiger partial charge in [0.05, 0.1) is 11.1 Å². The third kappa shape index (κ3) is 1.93. The number of hydrogen-bond acceptors (Lipinski definition) is 1. The molecule has 0 aliphatic rings. The van der Waals surface area contributed by atoms with Gasteiger partial charge in [0.2, 0.25) is 0 Å². The molecule has 2 nitrogen and oxygen atoms in total. The van der Waals surface area contributed by atoms with Gasteiger partial charge in [-0.1, -0.05) is 18.2 Å². The first-order valence-electron chi connectivity index (χ1n) is 6.04. The van der Waals surface area contributed by atoms with Crippen molar-refractivity contribution in [3.05, 3.63) is 76.5 Å². The molecule has 1 aromatic carbocycles. The van der Waals surface area contributed by atoms with Crippen LogP contribution in [0, 0.1) is 12.7 Å². The van der Waals surface area contributed by atoms with Gasteiger partial charge in [-0.15, -0.1) is 0 Å². The van der Waals surface area contributed by atoms with Crippen molar-refractivity contribution in [2.24, 2.45) is 0 Å². The van der Waals surface area contributed by atoms with Crippen LogP contribution in [0.2, 0.25) is 0 Å². The molecular weight excluding hydrogens is 241 g/mol. The number of nitrogens with zero attached hydrogens (tertiary/aromatic N) is 1. The zero-order valence-corrected chi connectivity index (χ0v) is 10.4. The van der Waals surface area contributed by atoms with Gasteiger partial charge in [0.1, 0.15) is 5.82 Å². The highest BCUT2D eigenvalue weighted by Crippen LogP contribution is 2.22. The summed E-state index contributed by atoms with van der Waals surface area (Å²) >= 11 is 0. The van der Waals surface area contributed by atoms with Crippen LogP contribution in [0.1, 0.15) is 5.69 Å². The Morgan fingerprint density at radius 2 is 1.79 bits per heavy atom. The van der Waals surface area contributed by atoms with E-state index in [2.05, 4.69) is 0 Å². The molecule has 3 rings (SSSR count). The van der Waals surface area contributed by atoms with E-state index in [4.69, 9.17) is 0 Å². The van der Waals surface area contributed by atoms with E-state index in [1.54, 1.807) is 18.2 Å². The largest absolute Gasteiger partial charge is 0.320 e. The van der Waals surface area contributed by atoms with Gasteiger partial charge >= 0.3 is 0 Å². The minimum absolute atomic E-state index is 0.0460. The molecule has 0 spiro atoms. The Hall–Kier alpha value is -2.42. The number of rotatable bonds is 1. The third-order valence-electron chi connectivity index (χ3n) is 3.22. The molecule has 0 saturated carbocycles. The fourth-order valence-corrected chi connectivity index (χ4v) is 2.32. The van der Waals surface area contributed by atoms with Gasteiger partial charge in [0, 0.05) is 18.0 Å². The van der Waals surface area contributed by atoms with Crippen LogP contribution < -0.4 is 5.43 Å². The molecule has 2 aromatic heterocycles. The fourth-order valence-electron chi connectivity index (χ4n) is 2.32. The second kappa shape index (κ2) is 4.35. The molecule has 0 atom stereocenters. The van der Waals surface area contributed by atoms with Gasteiger partial charge in [0.25, 0.3) is 0 Å². The predicted octanol–water partition coefficient (Wildman–Crippen LogP) is 3.41.